The van der Waals surface area contributed by atoms with Crippen molar-refractivity contribution in [3.8, 4) is 11.5 Å². The lowest BCUT2D eigenvalue weighted by Gasteiger charge is -2.30. The van der Waals surface area contributed by atoms with Crippen molar-refractivity contribution in [2.75, 3.05) is 23.9 Å². The molecule has 0 spiro atoms. The van der Waals surface area contributed by atoms with Crippen molar-refractivity contribution in [2.45, 2.75) is 16.2 Å². The van der Waals surface area contributed by atoms with Crippen LogP contribution in [-0.4, -0.2) is 46.6 Å². The smallest absolute Gasteiger partial charge is 0.305 e. The number of amides is 3. The number of imide groups is 1. The Labute approximate surface area is 262 Å². The molecule has 6 rings (SSSR count). The van der Waals surface area contributed by atoms with E-state index >= 15 is 0 Å². The largest absolute Gasteiger partial charge is 0.493 e. The van der Waals surface area contributed by atoms with Gasteiger partial charge >= 0.3 is 4.87 Å². The van der Waals surface area contributed by atoms with Gasteiger partial charge in [-0.3, -0.25) is 29.3 Å². The topological polar surface area (TPSA) is 161 Å². The minimum absolute atomic E-state index is 0.172. The van der Waals surface area contributed by atoms with E-state index in [1.165, 1.54) is 31.4 Å². The highest BCUT2D eigenvalue weighted by atomic mass is 35.5. The van der Waals surface area contributed by atoms with Crippen LogP contribution in [-0.2, 0) is 14.4 Å². The molecule has 0 saturated carbocycles. The second-order valence-corrected chi connectivity index (χ2v) is 12.4. The van der Waals surface area contributed by atoms with Crippen molar-refractivity contribution in [3.05, 3.63) is 102 Å². The van der Waals surface area contributed by atoms with E-state index in [0.717, 1.165) is 28.0 Å². The zero-order valence-electron chi connectivity index (χ0n) is 22.6. The quantitative estimate of drug-likeness (QED) is 0.154. The molecule has 12 nitrogen and oxygen atoms in total. The Morgan fingerprint density at radius 1 is 1.05 bits per heavy atom. The number of nitrogens with zero attached hydrogens (tertiary/aromatic N) is 2. The first-order valence-electron chi connectivity index (χ1n) is 13.0. The molecule has 0 aliphatic carbocycles. The van der Waals surface area contributed by atoms with Gasteiger partial charge in [-0.2, -0.15) is 0 Å². The number of anilines is 2. The zero-order valence-corrected chi connectivity index (χ0v) is 25.0. The van der Waals surface area contributed by atoms with E-state index in [1.807, 2.05) is 0 Å². The average Bonchev–Trinajstić information content (AvgIpc) is 3.51. The second-order valence-electron chi connectivity index (χ2n) is 9.79. The maximum atomic E-state index is 13.9. The first-order valence-corrected chi connectivity index (χ1v) is 15.1. The number of thiazole rings is 1. The number of hydrogen-bond donors (Lipinski definition) is 2. The van der Waals surface area contributed by atoms with Gasteiger partial charge in [-0.05, 0) is 54.1 Å². The van der Waals surface area contributed by atoms with Gasteiger partial charge in [0.15, 0.2) is 18.1 Å². The van der Waals surface area contributed by atoms with E-state index in [0.29, 0.717) is 26.2 Å². The fourth-order valence-corrected chi connectivity index (χ4v) is 7.87. The van der Waals surface area contributed by atoms with E-state index in [2.05, 4.69) is 10.3 Å². The number of ether oxygens (including phenoxy) is 2. The fourth-order valence-electron chi connectivity index (χ4n) is 5.22. The number of thioether (sulfide) groups is 1. The highest BCUT2D eigenvalue weighted by Crippen LogP contribution is 2.53. The van der Waals surface area contributed by atoms with E-state index in [-0.39, 0.29) is 34.4 Å². The van der Waals surface area contributed by atoms with Crippen LogP contribution in [0.1, 0.15) is 16.4 Å². The highest BCUT2D eigenvalue weighted by Gasteiger charge is 2.56. The van der Waals surface area contributed by atoms with Gasteiger partial charge in [-0.1, -0.05) is 40.8 Å². The van der Waals surface area contributed by atoms with Gasteiger partial charge < -0.3 is 19.8 Å². The van der Waals surface area contributed by atoms with Gasteiger partial charge in [-0.25, -0.2) is 4.90 Å². The van der Waals surface area contributed by atoms with Crippen LogP contribution in [0.25, 0.3) is 0 Å². The molecular weight excluding hydrogens is 632 g/mol. The number of hydrogen-bond acceptors (Lipinski definition) is 10. The average molecular weight is 653 g/mol. The monoisotopic (exact) mass is 652 g/mol. The third kappa shape index (κ3) is 5.42. The SMILES string of the molecule is COc1cc([C@@H]2c3sc(=O)[nH]c3S[C@H]3C(=O)N(c4ccc([N+](=O)[O-])cc4)C(=O)[C@@H]23)ccc1OCC(=O)Nc1ccc(Cl)cc1. The van der Waals surface area contributed by atoms with Crippen molar-refractivity contribution in [1.29, 1.82) is 0 Å². The molecule has 3 heterocycles. The molecule has 1 saturated heterocycles. The molecule has 3 amide bonds. The van der Waals surface area contributed by atoms with Crippen LogP contribution in [0, 0.1) is 16.0 Å². The summed E-state index contributed by atoms with van der Waals surface area (Å²) in [6.45, 7) is -0.316. The normalized spacial score (nSPS) is 18.9. The number of carbonyl (C=O) groups excluding carboxylic acids is 3. The molecular formula is C29H21ClN4O8S2. The van der Waals surface area contributed by atoms with Gasteiger partial charge in [0, 0.05) is 33.6 Å². The molecule has 44 heavy (non-hydrogen) atoms. The molecule has 0 unspecified atom stereocenters. The molecule has 2 N–H and O–H groups in total. The van der Waals surface area contributed by atoms with Crippen molar-refractivity contribution in [1.82, 2.24) is 4.98 Å². The molecule has 2 aliphatic rings. The van der Waals surface area contributed by atoms with E-state index in [9.17, 15) is 29.3 Å². The molecule has 4 aromatic rings. The van der Waals surface area contributed by atoms with Crippen molar-refractivity contribution >= 4 is 69.5 Å². The van der Waals surface area contributed by atoms with Crippen LogP contribution >= 0.6 is 34.7 Å². The maximum absolute atomic E-state index is 13.9. The minimum atomic E-state index is -0.872. The highest BCUT2D eigenvalue weighted by molar-refractivity contribution is 8.00. The Morgan fingerprint density at radius 2 is 1.77 bits per heavy atom. The Bertz CT molecular complexity index is 1860. The van der Waals surface area contributed by atoms with Crippen molar-refractivity contribution in [3.63, 3.8) is 0 Å². The first kappa shape index (κ1) is 29.4. The number of nitro benzene ring substituents is 1. The van der Waals surface area contributed by atoms with E-state index in [1.54, 1.807) is 42.5 Å². The van der Waals surface area contributed by atoms with E-state index < -0.39 is 39.7 Å². The lowest BCUT2D eigenvalue weighted by Crippen LogP contribution is -2.32. The van der Waals surface area contributed by atoms with Gasteiger partial charge in [0.25, 0.3) is 11.6 Å². The lowest BCUT2D eigenvalue weighted by molar-refractivity contribution is -0.384. The summed E-state index contributed by atoms with van der Waals surface area (Å²) in [6, 6.07) is 16.8. The van der Waals surface area contributed by atoms with Gasteiger partial charge in [-0.15, -0.1) is 0 Å². The second kappa shape index (κ2) is 11.8. The molecule has 3 atom stereocenters. The maximum Gasteiger partial charge on any atom is 0.305 e. The number of aromatic nitrogens is 1. The lowest BCUT2D eigenvalue weighted by atomic mass is 9.83. The summed E-state index contributed by atoms with van der Waals surface area (Å²) in [5.41, 5.74) is 1.19. The number of H-pyrrole nitrogens is 1. The predicted octanol–water partition coefficient (Wildman–Crippen LogP) is 4.82. The summed E-state index contributed by atoms with van der Waals surface area (Å²) in [4.78, 5) is 67.0. The summed E-state index contributed by atoms with van der Waals surface area (Å²) >= 11 is 7.97. The Morgan fingerprint density at radius 3 is 2.45 bits per heavy atom. The van der Waals surface area contributed by atoms with Gasteiger partial charge in [0.1, 0.15) is 5.25 Å². The number of nitro groups is 1. The standard InChI is InChI=1S/C29H21ClN4O8S2/c1-41-20-12-14(2-11-19(20)42-13-21(35)31-16-5-3-15(30)4-6-16)22-23-25(43-26-24(22)44-29(38)32-26)28(37)33(27(23)36)17-7-9-18(10-8-17)34(39)40/h2-12,22-23,25H,13H2,1H3,(H,31,35)(H,32,38)/t22-,23-,25+/m0/s1. The number of rotatable bonds is 8. The van der Waals surface area contributed by atoms with Crippen molar-refractivity contribution in [2.24, 2.45) is 5.92 Å². The Hall–Kier alpha value is -4.66. The van der Waals surface area contributed by atoms with Gasteiger partial charge in [0.05, 0.1) is 28.7 Å². The first-order chi connectivity index (χ1) is 21.1. The molecule has 2 aliphatic heterocycles. The summed E-state index contributed by atoms with van der Waals surface area (Å²) < 4.78 is 11.3. The number of fused-ring (bicyclic) bond motifs is 2. The van der Waals surface area contributed by atoms with E-state index in [4.69, 9.17) is 21.1 Å². The summed E-state index contributed by atoms with van der Waals surface area (Å²) in [5.74, 6) is -2.39. The summed E-state index contributed by atoms with van der Waals surface area (Å²) in [5, 5.41) is 14.0. The molecule has 0 bridgehead atoms. The van der Waals surface area contributed by atoms with Gasteiger partial charge in [0.2, 0.25) is 11.8 Å². The minimum Gasteiger partial charge on any atom is -0.493 e. The number of nitrogens with one attached hydrogen (secondary N) is 2. The van der Waals surface area contributed by atoms with Crippen LogP contribution in [0.5, 0.6) is 11.5 Å². The number of non-ortho nitro benzene ring substituents is 1. The molecule has 1 aromatic heterocycles. The van der Waals surface area contributed by atoms with Crippen LogP contribution in [0.4, 0.5) is 17.1 Å². The van der Waals surface area contributed by atoms with Crippen LogP contribution < -0.4 is 24.6 Å². The molecule has 15 heteroatoms. The van der Waals surface area contributed by atoms with Crippen LogP contribution in [0.15, 0.2) is 76.6 Å². The third-order valence-electron chi connectivity index (χ3n) is 7.18. The fraction of sp³-hybridized carbons (Fsp3) is 0.172. The summed E-state index contributed by atoms with van der Waals surface area (Å²) in [6.07, 6.45) is 0. The number of benzene rings is 3. The Kier molecular flexibility index (Phi) is 7.88. The van der Waals surface area contributed by atoms with Crippen LogP contribution in [0.3, 0.4) is 0 Å². The number of carbonyl (C=O) groups is 3. The molecule has 0 radical (unpaired) electrons. The van der Waals surface area contributed by atoms with Crippen molar-refractivity contribution < 1.29 is 28.8 Å². The molecule has 3 aromatic carbocycles. The summed E-state index contributed by atoms with van der Waals surface area (Å²) in [7, 11) is 1.43. The predicted molar refractivity (Wildman–Crippen MR) is 164 cm³/mol. The van der Waals surface area contributed by atoms with Crippen LogP contribution in [0.2, 0.25) is 5.02 Å². The zero-order chi connectivity index (χ0) is 31.1. The molecule has 224 valence electrons. The Balaban J connectivity index is 1.29. The number of halogens is 1. The number of aromatic amines is 1. The number of methoxy groups -OCH3 is 1. The molecule has 1 fully saturated rings. The third-order valence-corrected chi connectivity index (χ3v) is 9.83.